The minimum atomic E-state index is -2.72. The first kappa shape index (κ1) is 38.9. The van der Waals surface area contributed by atoms with E-state index in [0.29, 0.717) is 22.8 Å². The fraction of sp³-hybridized carbons (Fsp3) is 0. The SMILES string of the molecule is N#Cc1c(-c2ccccc2)nc(-c2cccc(-c3cccc4c3sc3c(-c5cccc([Si](c6ccccc6)(c6ccccc6)c6ccccc6)c5)cccc34)c2)nc1-c1ccccc1. The molecule has 0 unspecified atom stereocenters. The van der Waals surface area contributed by atoms with Crippen LogP contribution < -0.4 is 20.7 Å². The molecule has 0 aliphatic carbocycles. The van der Waals surface area contributed by atoms with Crippen molar-refractivity contribution < 1.29 is 0 Å². The first-order valence-electron chi connectivity index (χ1n) is 21.5. The average molecular weight is 850 g/mol. The van der Waals surface area contributed by atoms with E-state index in [-0.39, 0.29) is 0 Å². The normalized spacial score (nSPS) is 11.4. The summed E-state index contributed by atoms with van der Waals surface area (Å²) in [5.41, 5.74) is 9.01. The second-order valence-corrected chi connectivity index (χ2v) is 20.8. The van der Waals surface area contributed by atoms with Gasteiger partial charge in [-0.2, -0.15) is 5.26 Å². The largest absolute Gasteiger partial charge is 0.227 e. The topological polar surface area (TPSA) is 49.6 Å². The molecule has 0 spiro atoms. The number of thiophene rings is 1. The van der Waals surface area contributed by atoms with Crippen molar-refractivity contribution in [1.29, 1.82) is 5.26 Å². The number of aromatic nitrogens is 2. The van der Waals surface area contributed by atoms with Crippen molar-refractivity contribution in [2.24, 2.45) is 0 Å². The number of nitriles is 1. The van der Waals surface area contributed by atoms with Crippen LogP contribution in [0.4, 0.5) is 0 Å². The van der Waals surface area contributed by atoms with Gasteiger partial charge in [0.25, 0.3) is 0 Å². The van der Waals surface area contributed by atoms with E-state index in [1.807, 2.05) is 72.0 Å². The van der Waals surface area contributed by atoms with Crippen molar-refractivity contribution in [2.75, 3.05) is 0 Å². The summed E-state index contributed by atoms with van der Waals surface area (Å²) in [7, 11) is -2.72. The second-order valence-electron chi connectivity index (χ2n) is 15.9. The predicted molar refractivity (Wildman–Crippen MR) is 270 cm³/mol. The molecule has 0 fully saturated rings. The van der Waals surface area contributed by atoms with Crippen molar-refractivity contribution >= 4 is 60.3 Å². The third-order valence-electron chi connectivity index (χ3n) is 12.3. The first-order chi connectivity index (χ1) is 31.7. The van der Waals surface area contributed by atoms with E-state index in [2.05, 4.69) is 182 Å². The summed E-state index contributed by atoms with van der Waals surface area (Å²) in [6, 6.07) is 86.9. The summed E-state index contributed by atoms with van der Waals surface area (Å²) in [6.07, 6.45) is 0. The van der Waals surface area contributed by atoms with Gasteiger partial charge in [-0.25, -0.2) is 9.97 Å². The summed E-state index contributed by atoms with van der Waals surface area (Å²) in [4.78, 5) is 10.2. The molecule has 2 heterocycles. The maximum absolute atomic E-state index is 10.5. The predicted octanol–water partition coefficient (Wildman–Crippen LogP) is 12.4. The van der Waals surface area contributed by atoms with E-state index in [0.717, 1.165) is 27.8 Å². The molecule has 0 N–H and O–H groups in total. The molecule has 5 heteroatoms. The molecule has 0 amide bonds. The summed E-state index contributed by atoms with van der Waals surface area (Å²) in [5, 5.41) is 18.4. The minimum Gasteiger partial charge on any atom is -0.227 e. The van der Waals surface area contributed by atoms with E-state index in [1.54, 1.807) is 0 Å². The Morgan fingerprint density at radius 1 is 0.359 bits per heavy atom. The van der Waals surface area contributed by atoms with Crippen LogP contribution >= 0.6 is 11.3 Å². The molecule has 11 aromatic rings. The molecule has 9 aromatic carbocycles. The van der Waals surface area contributed by atoms with Crippen molar-refractivity contribution in [3.8, 4) is 62.2 Å². The molecule has 64 heavy (non-hydrogen) atoms. The van der Waals surface area contributed by atoms with E-state index in [1.165, 1.54) is 52.0 Å². The van der Waals surface area contributed by atoms with Crippen molar-refractivity contribution in [3.63, 3.8) is 0 Å². The first-order valence-corrected chi connectivity index (χ1v) is 24.3. The highest BCUT2D eigenvalue weighted by Gasteiger charge is 2.41. The quantitative estimate of drug-likeness (QED) is 0.107. The van der Waals surface area contributed by atoms with E-state index >= 15 is 0 Å². The maximum Gasteiger partial charge on any atom is 0.179 e. The highest BCUT2D eigenvalue weighted by atomic mass is 32.1. The van der Waals surface area contributed by atoms with Crippen LogP contribution in [0.5, 0.6) is 0 Å². The molecule has 0 atom stereocenters. The van der Waals surface area contributed by atoms with Crippen LogP contribution in [-0.2, 0) is 0 Å². The Labute approximate surface area is 377 Å². The van der Waals surface area contributed by atoms with Gasteiger partial charge in [0.05, 0.1) is 11.4 Å². The Balaban J connectivity index is 1.06. The van der Waals surface area contributed by atoms with Crippen LogP contribution in [-0.4, -0.2) is 18.0 Å². The van der Waals surface area contributed by atoms with Crippen molar-refractivity contribution in [3.05, 3.63) is 242 Å². The molecule has 0 bridgehead atoms. The van der Waals surface area contributed by atoms with Crippen molar-refractivity contribution in [2.45, 2.75) is 0 Å². The van der Waals surface area contributed by atoms with Gasteiger partial charge >= 0.3 is 0 Å². The highest BCUT2D eigenvalue weighted by Crippen LogP contribution is 2.44. The van der Waals surface area contributed by atoms with Crippen LogP contribution in [0.15, 0.2) is 237 Å². The fourth-order valence-electron chi connectivity index (χ4n) is 9.39. The molecular weight excluding hydrogens is 811 g/mol. The summed E-state index contributed by atoms with van der Waals surface area (Å²) in [6.45, 7) is 0. The number of benzene rings is 9. The minimum absolute atomic E-state index is 0.460. The van der Waals surface area contributed by atoms with E-state index in [4.69, 9.17) is 9.97 Å². The molecule has 3 nitrogen and oxygen atoms in total. The maximum atomic E-state index is 10.5. The van der Waals surface area contributed by atoms with Crippen LogP contribution in [0, 0.1) is 11.3 Å². The molecule has 0 radical (unpaired) electrons. The van der Waals surface area contributed by atoms with Crippen LogP contribution in [0.25, 0.3) is 76.3 Å². The molecule has 300 valence electrons. The standard InChI is InChI=1S/C59H39N3SSi/c60-40-54-55(41-20-6-1-7-21-41)61-59(62-56(54)42-22-8-2-9-23-42)45-26-16-24-43(38-45)50-34-18-36-52-53-37-19-35-51(58(53)63-57(50)52)44-25-17-33-49(39-44)64(46-27-10-3-11-28-46,47-29-12-4-13-30-47)48-31-14-5-15-32-48/h1-39H. The number of rotatable bonds is 9. The summed E-state index contributed by atoms with van der Waals surface area (Å²) in [5.74, 6) is 0.574. The molecule has 0 aliphatic heterocycles. The van der Waals surface area contributed by atoms with Crippen molar-refractivity contribution in [1.82, 2.24) is 9.97 Å². The lowest BCUT2D eigenvalue weighted by Gasteiger charge is -2.34. The zero-order valence-electron chi connectivity index (χ0n) is 34.8. The number of fused-ring (bicyclic) bond motifs is 3. The Hall–Kier alpha value is -8.01. The van der Waals surface area contributed by atoms with Gasteiger partial charge in [0, 0.05) is 36.9 Å². The summed E-state index contributed by atoms with van der Waals surface area (Å²) >= 11 is 1.86. The fourth-order valence-corrected chi connectivity index (χ4v) is 15.6. The van der Waals surface area contributed by atoms with Crippen LogP contribution in [0.3, 0.4) is 0 Å². The number of hydrogen-bond donors (Lipinski definition) is 0. The van der Waals surface area contributed by atoms with E-state index in [9.17, 15) is 5.26 Å². The Bertz CT molecular complexity index is 3340. The Morgan fingerprint density at radius 3 is 1.20 bits per heavy atom. The van der Waals surface area contributed by atoms with Gasteiger partial charge in [0.2, 0.25) is 0 Å². The molecule has 0 saturated carbocycles. The summed E-state index contributed by atoms with van der Waals surface area (Å²) < 4.78 is 2.50. The Kier molecular flexibility index (Phi) is 10.1. The molecule has 0 aliphatic rings. The van der Waals surface area contributed by atoms with Gasteiger partial charge in [-0.1, -0.05) is 231 Å². The van der Waals surface area contributed by atoms with Gasteiger partial charge in [-0.05, 0) is 49.1 Å². The van der Waals surface area contributed by atoms with Gasteiger partial charge in [-0.3, -0.25) is 0 Å². The van der Waals surface area contributed by atoms with Gasteiger partial charge in [0.15, 0.2) is 13.9 Å². The van der Waals surface area contributed by atoms with Gasteiger partial charge < -0.3 is 0 Å². The number of hydrogen-bond acceptors (Lipinski definition) is 4. The van der Waals surface area contributed by atoms with Gasteiger partial charge in [0.1, 0.15) is 11.6 Å². The molecule has 2 aromatic heterocycles. The third-order valence-corrected chi connectivity index (χ3v) is 18.4. The second kappa shape index (κ2) is 16.7. The number of nitrogens with zero attached hydrogens (tertiary/aromatic N) is 3. The third kappa shape index (κ3) is 6.74. The molecule has 0 saturated heterocycles. The molecule has 11 rings (SSSR count). The highest BCUT2D eigenvalue weighted by molar-refractivity contribution is 7.27. The molecular formula is C59H39N3SSi. The zero-order chi connectivity index (χ0) is 42.9. The van der Waals surface area contributed by atoms with E-state index < -0.39 is 8.07 Å². The monoisotopic (exact) mass is 849 g/mol. The lowest BCUT2D eigenvalue weighted by atomic mass is 9.98. The zero-order valence-corrected chi connectivity index (χ0v) is 36.6. The lowest BCUT2D eigenvalue weighted by Crippen LogP contribution is -2.74. The Morgan fingerprint density at radius 2 is 0.734 bits per heavy atom. The smallest absolute Gasteiger partial charge is 0.179 e. The van der Waals surface area contributed by atoms with Crippen LogP contribution in [0.1, 0.15) is 5.56 Å². The lowest BCUT2D eigenvalue weighted by molar-refractivity contribution is 1.17. The van der Waals surface area contributed by atoms with Crippen LogP contribution in [0.2, 0.25) is 0 Å². The van der Waals surface area contributed by atoms with Gasteiger partial charge in [-0.15, -0.1) is 11.3 Å². The average Bonchev–Trinajstić information content (AvgIpc) is 3.77.